The van der Waals surface area contributed by atoms with Crippen molar-refractivity contribution < 1.29 is 9.84 Å². The van der Waals surface area contributed by atoms with E-state index in [-0.39, 0.29) is 5.75 Å². The Kier molecular flexibility index (Phi) is 5.12. The van der Waals surface area contributed by atoms with E-state index in [4.69, 9.17) is 4.74 Å². The zero-order chi connectivity index (χ0) is 12.0. The SMILES string of the molecule is CCCCN(C)Cc1ccc(O)c(OC)c1. The fourth-order valence-electron chi connectivity index (χ4n) is 1.64. The summed E-state index contributed by atoms with van der Waals surface area (Å²) in [6, 6.07) is 5.50. The Hall–Kier alpha value is -1.22. The van der Waals surface area contributed by atoms with Crippen molar-refractivity contribution in [3.05, 3.63) is 23.8 Å². The Morgan fingerprint density at radius 1 is 1.38 bits per heavy atom. The van der Waals surface area contributed by atoms with Crippen molar-refractivity contribution in [3.63, 3.8) is 0 Å². The number of unbranched alkanes of at least 4 members (excludes halogenated alkanes) is 1. The van der Waals surface area contributed by atoms with Crippen molar-refractivity contribution >= 4 is 0 Å². The van der Waals surface area contributed by atoms with E-state index >= 15 is 0 Å². The first-order valence-corrected chi connectivity index (χ1v) is 5.71. The molecular weight excluding hydrogens is 202 g/mol. The number of phenolic OH excluding ortho intramolecular Hbond substituents is 1. The summed E-state index contributed by atoms with van der Waals surface area (Å²) in [6.45, 7) is 4.17. The summed E-state index contributed by atoms with van der Waals surface area (Å²) in [5.74, 6) is 0.740. The number of aromatic hydroxyl groups is 1. The number of benzene rings is 1. The molecule has 0 aliphatic heterocycles. The maximum absolute atomic E-state index is 9.47. The second kappa shape index (κ2) is 6.38. The van der Waals surface area contributed by atoms with Gasteiger partial charge >= 0.3 is 0 Å². The lowest BCUT2D eigenvalue weighted by Gasteiger charge is -2.16. The maximum atomic E-state index is 9.47. The fraction of sp³-hybridized carbons (Fsp3) is 0.538. The lowest BCUT2D eigenvalue weighted by atomic mass is 10.2. The third kappa shape index (κ3) is 3.74. The first-order valence-electron chi connectivity index (χ1n) is 5.71. The van der Waals surface area contributed by atoms with Crippen molar-refractivity contribution in [1.29, 1.82) is 0 Å². The van der Waals surface area contributed by atoms with E-state index in [1.807, 2.05) is 12.1 Å². The molecule has 0 saturated carbocycles. The van der Waals surface area contributed by atoms with Crippen LogP contribution < -0.4 is 4.74 Å². The second-order valence-electron chi connectivity index (χ2n) is 4.10. The Balaban J connectivity index is 2.59. The molecule has 0 aromatic heterocycles. The van der Waals surface area contributed by atoms with Crippen molar-refractivity contribution in [3.8, 4) is 11.5 Å². The van der Waals surface area contributed by atoms with Gasteiger partial charge in [-0.25, -0.2) is 0 Å². The molecule has 3 heteroatoms. The molecule has 1 aromatic carbocycles. The molecule has 0 amide bonds. The summed E-state index contributed by atoms with van der Waals surface area (Å²) in [4.78, 5) is 2.27. The average molecular weight is 223 g/mol. The summed E-state index contributed by atoms with van der Waals surface area (Å²) in [6.07, 6.45) is 2.43. The van der Waals surface area contributed by atoms with Crippen LogP contribution in [0.5, 0.6) is 11.5 Å². The number of phenols is 1. The predicted molar refractivity (Wildman–Crippen MR) is 65.9 cm³/mol. The number of methoxy groups -OCH3 is 1. The quantitative estimate of drug-likeness (QED) is 0.804. The van der Waals surface area contributed by atoms with E-state index in [1.165, 1.54) is 12.8 Å². The summed E-state index contributed by atoms with van der Waals surface area (Å²) in [7, 11) is 3.68. The highest BCUT2D eigenvalue weighted by atomic mass is 16.5. The van der Waals surface area contributed by atoms with E-state index in [0.29, 0.717) is 5.75 Å². The van der Waals surface area contributed by atoms with Crippen molar-refractivity contribution in [2.75, 3.05) is 20.7 Å². The van der Waals surface area contributed by atoms with Gasteiger partial charge in [-0.05, 0) is 37.7 Å². The molecular formula is C13H21NO2. The number of nitrogens with zero attached hydrogens (tertiary/aromatic N) is 1. The normalized spacial score (nSPS) is 10.8. The standard InChI is InChI=1S/C13H21NO2/c1-4-5-8-14(2)10-11-6-7-12(15)13(9-11)16-3/h6-7,9,15H,4-5,8,10H2,1-3H3. The zero-order valence-electron chi connectivity index (χ0n) is 10.4. The molecule has 0 atom stereocenters. The van der Waals surface area contributed by atoms with Gasteiger partial charge in [-0.15, -0.1) is 0 Å². The van der Waals surface area contributed by atoms with Gasteiger partial charge in [0, 0.05) is 6.54 Å². The van der Waals surface area contributed by atoms with E-state index in [1.54, 1.807) is 13.2 Å². The van der Waals surface area contributed by atoms with Crippen LogP contribution in [0.15, 0.2) is 18.2 Å². The van der Waals surface area contributed by atoms with Crippen LogP contribution in [0.25, 0.3) is 0 Å². The average Bonchev–Trinajstić information content (AvgIpc) is 2.29. The van der Waals surface area contributed by atoms with Crippen LogP contribution >= 0.6 is 0 Å². The highest BCUT2D eigenvalue weighted by Crippen LogP contribution is 2.26. The topological polar surface area (TPSA) is 32.7 Å². The van der Waals surface area contributed by atoms with Gasteiger partial charge < -0.3 is 14.7 Å². The van der Waals surface area contributed by atoms with E-state index < -0.39 is 0 Å². The van der Waals surface area contributed by atoms with Crippen LogP contribution in [0.4, 0.5) is 0 Å². The van der Waals surface area contributed by atoms with Crippen LogP contribution in [0, 0.1) is 0 Å². The van der Waals surface area contributed by atoms with Crippen molar-refractivity contribution in [2.45, 2.75) is 26.3 Å². The van der Waals surface area contributed by atoms with E-state index in [9.17, 15) is 5.11 Å². The molecule has 1 rings (SSSR count). The largest absolute Gasteiger partial charge is 0.504 e. The summed E-state index contributed by atoms with van der Waals surface area (Å²) >= 11 is 0. The molecule has 0 spiro atoms. The van der Waals surface area contributed by atoms with Crippen molar-refractivity contribution in [1.82, 2.24) is 4.90 Å². The number of hydrogen-bond acceptors (Lipinski definition) is 3. The molecule has 3 nitrogen and oxygen atoms in total. The minimum atomic E-state index is 0.197. The molecule has 1 aromatic rings. The predicted octanol–water partition coefficient (Wildman–Crippen LogP) is 2.63. The first kappa shape index (κ1) is 12.8. The van der Waals surface area contributed by atoms with E-state index in [2.05, 4.69) is 18.9 Å². The Labute approximate surface area is 97.7 Å². The lowest BCUT2D eigenvalue weighted by Crippen LogP contribution is -2.18. The molecule has 0 fully saturated rings. The van der Waals surface area contributed by atoms with Crippen LogP contribution in [-0.2, 0) is 6.54 Å². The van der Waals surface area contributed by atoms with Gasteiger partial charge in [0.05, 0.1) is 7.11 Å². The fourth-order valence-corrected chi connectivity index (χ4v) is 1.64. The smallest absolute Gasteiger partial charge is 0.160 e. The number of rotatable bonds is 6. The minimum Gasteiger partial charge on any atom is -0.504 e. The first-order chi connectivity index (χ1) is 7.67. The van der Waals surface area contributed by atoms with Gasteiger partial charge in [-0.3, -0.25) is 0 Å². The van der Waals surface area contributed by atoms with Gasteiger partial charge in [0.1, 0.15) is 0 Å². The molecule has 0 bridgehead atoms. The summed E-state index contributed by atoms with van der Waals surface area (Å²) < 4.78 is 5.08. The van der Waals surface area contributed by atoms with Gasteiger partial charge in [-0.2, -0.15) is 0 Å². The third-order valence-corrected chi connectivity index (χ3v) is 2.59. The minimum absolute atomic E-state index is 0.197. The number of hydrogen-bond donors (Lipinski definition) is 1. The molecule has 0 aliphatic rings. The van der Waals surface area contributed by atoms with Crippen LogP contribution in [0.1, 0.15) is 25.3 Å². The van der Waals surface area contributed by atoms with E-state index in [0.717, 1.165) is 18.7 Å². The monoisotopic (exact) mass is 223 g/mol. The maximum Gasteiger partial charge on any atom is 0.160 e. The lowest BCUT2D eigenvalue weighted by molar-refractivity contribution is 0.319. The molecule has 0 radical (unpaired) electrons. The summed E-state index contributed by atoms with van der Waals surface area (Å²) in [5, 5.41) is 9.47. The Morgan fingerprint density at radius 3 is 2.75 bits per heavy atom. The van der Waals surface area contributed by atoms with Crippen LogP contribution in [-0.4, -0.2) is 30.7 Å². The van der Waals surface area contributed by atoms with Crippen LogP contribution in [0.2, 0.25) is 0 Å². The molecule has 90 valence electrons. The highest BCUT2D eigenvalue weighted by molar-refractivity contribution is 5.41. The Morgan fingerprint density at radius 2 is 2.12 bits per heavy atom. The molecule has 0 aliphatic carbocycles. The van der Waals surface area contributed by atoms with Gasteiger partial charge in [0.25, 0.3) is 0 Å². The molecule has 0 saturated heterocycles. The van der Waals surface area contributed by atoms with Crippen molar-refractivity contribution in [2.24, 2.45) is 0 Å². The third-order valence-electron chi connectivity index (χ3n) is 2.59. The number of ether oxygens (including phenoxy) is 1. The van der Waals surface area contributed by atoms with Gasteiger partial charge in [-0.1, -0.05) is 19.4 Å². The van der Waals surface area contributed by atoms with Gasteiger partial charge in [0.15, 0.2) is 11.5 Å². The molecule has 0 unspecified atom stereocenters. The Bertz CT molecular complexity index is 326. The molecule has 0 heterocycles. The molecule has 16 heavy (non-hydrogen) atoms. The van der Waals surface area contributed by atoms with Gasteiger partial charge in [0.2, 0.25) is 0 Å². The zero-order valence-corrected chi connectivity index (χ0v) is 10.4. The summed E-state index contributed by atoms with van der Waals surface area (Å²) in [5.41, 5.74) is 1.16. The highest BCUT2D eigenvalue weighted by Gasteiger charge is 2.04. The van der Waals surface area contributed by atoms with Crippen LogP contribution in [0.3, 0.4) is 0 Å². The molecule has 1 N–H and O–H groups in total. The second-order valence-corrected chi connectivity index (χ2v) is 4.10.